The number of carbonyl (C=O) groups is 1. The Morgan fingerprint density at radius 3 is 2.69 bits per heavy atom. The van der Waals surface area contributed by atoms with Gasteiger partial charge in [-0.05, 0) is 48.9 Å². The summed E-state index contributed by atoms with van der Waals surface area (Å²) >= 11 is 7.49. The molecule has 0 unspecified atom stereocenters. The van der Waals surface area contributed by atoms with Crippen LogP contribution in [0.3, 0.4) is 0 Å². The van der Waals surface area contributed by atoms with Crippen molar-refractivity contribution >= 4 is 35.0 Å². The first kappa shape index (κ1) is 19.3. The van der Waals surface area contributed by atoms with Crippen LogP contribution in [0.4, 0.5) is 5.69 Å². The number of hydrogen-bond donors (Lipinski definition) is 1. The highest BCUT2D eigenvalue weighted by molar-refractivity contribution is 7.99. The predicted octanol–water partition coefficient (Wildman–Crippen LogP) is 5.22. The van der Waals surface area contributed by atoms with E-state index in [2.05, 4.69) is 15.5 Å². The van der Waals surface area contributed by atoms with Crippen LogP contribution in [0.5, 0.6) is 0 Å². The first-order chi connectivity index (χ1) is 14.1. The lowest BCUT2D eigenvalue weighted by molar-refractivity contribution is -0.113. The quantitative estimate of drug-likeness (QED) is 0.429. The standard InChI is InChI=1S/C21H17ClN4O2S/c1-14-9-10-17(16(22)12-14)23-19(27)13-29-21-25-24-20(18-8-5-11-28-18)26(21)15-6-3-2-4-7-15/h2-12H,13H2,1H3,(H,23,27). The van der Waals surface area contributed by atoms with Gasteiger partial charge in [-0.15, -0.1) is 10.2 Å². The smallest absolute Gasteiger partial charge is 0.234 e. The van der Waals surface area contributed by atoms with Crippen molar-refractivity contribution in [3.05, 3.63) is 77.5 Å². The lowest BCUT2D eigenvalue weighted by atomic mass is 10.2. The summed E-state index contributed by atoms with van der Waals surface area (Å²) in [6.07, 6.45) is 1.59. The van der Waals surface area contributed by atoms with E-state index in [1.807, 2.05) is 60.0 Å². The van der Waals surface area contributed by atoms with Crippen molar-refractivity contribution in [1.29, 1.82) is 0 Å². The van der Waals surface area contributed by atoms with Crippen molar-refractivity contribution < 1.29 is 9.21 Å². The first-order valence-electron chi connectivity index (χ1n) is 8.85. The number of hydrogen-bond acceptors (Lipinski definition) is 5. The van der Waals surface area contributed by atoms with Gasteiger partial charge in [-0.1, -0.05) is 47.6 Å². The summed E-state index contributed by atoms with van der Waals surface area (Å²) in [6, 6.07) is 18.8. The number of para-hydroxylation sites is 1. The van der Waals surface area contributed by atoms with Crippen LogP contribution in [0.2, 0.25) is 5.02 Å². The molecule has 0 atom stereocenters. The maximum Gasteiger partial charge on any atom is 0.234 e. The molecular weight excluding hydrogens is 408 g/mol. The topological polar surface area (TPSA) is 73.0 Å². The molecule has 0 fully saturated rings. The molecule has 4 rings (SSSR count). The van der Waals surface area contributed by atoms with Crippen LogP contribution in [0.15, 0.2) is 76.5 Å². The van der Waals surface area contributed by atoms with E-state index in [0.717, 1.165) is 11.3 Å². The van der Waals surface area contributed by atoms with Crippen molar-refractivity contribution in [2.45, 2.75) is 12.1 Å². The number of halogens is 1. The molecule has 6 nitrogen and oxygen atoms in total. The van der Waals surface area contributed by atoms with Crippen molar-refractivity contribution in [3.63, 3.8) is 0 Å². The highest BCUT2D eigenvalue weighted by Crippen LogP contribution is 2.28. The molecule has 29 heavy (non-hydrogen) atoms. The molecule has 0 bridgehead atoms. The molecule has 146 valence electrons. The van der Waals surface area contributed by atoms with Gasteiger partial charge in [0.25, 0.3) is 0 Å². The fraction of sp³-hybridized carbons (Fsp3) is 0.0952. The summed E-state index contributed by atoms with van der Waals surface area (Å²) in [7, 11) is 0. The molecule has 0 aliphatic heterocycles. The molecule has 2 heterocycles. The van der Waals surface area contributed by atoms with Crippen molar-refractivity contribution in [2.24, 2.45) is 0 Å². The number of anilines is 1. The van der Waals surface area contributed by atoms with Crippen LogP contribution in [0.1, 0.15) is 5.56 Å². The molecule has 0 spiro atoms. The van der Waals surface area contributed by atoms with Gasteiger partial charge >= 0.3 is 0 Å². The Morgan fingerprint density at radius 1 is 1.14 bits per heavy atom. The second kappa shape index (κ2) is 8.55. The van der Waals surface area contributed by atoms with Gasteiger partial charge in [0.05, 0.1) is 22.7 Å². The van der Waals surface area contributed by atoms with Gasteiger partial charge in [0.15, 0.2) is 10.9 Å². The Balaban J connectivity index is 1.55. The first-order valence-corrected chi connectivity index (χ1v) is 10.2. The molecule has 0 aliphatic carbocycles. The second-order valence-corrected chi connectivity index (χ2v) is 7.62. The third-order valence-corrected chi connectivity index (χ3v) is 5.36. The maximum absolute atomic E-state index is 12.4. The van der Waals surface area contributed by atoms with E-state index >= 15 is 0 Å². The average molecular weight is 425 g/mol. The molecule has 4 aromatic rings. The van der Waals surface area contributed by atoms with Gasteiger partial charge in [0, 0.05) is 5.69 Å². The number of rotatable bonds is 6. The molecule has 2 aromatic heterocycles. The van der Waals surface area contributed by atoms with E-state index in [9.17, 15) is 4.79 Å². The highest BCUT2D eigenvalue weighted by Gasteiger charge is 2.19. The van der Waals surface area contributed by atoms with Crippen LogP contribution in [0.25, 0.3) is 17.3 Å². The van der Waals surface area contributed by atoms with Crippen LogP contribution >= 0.6 is 23.4 Å². The largest absolute Gasteiger partial charge is 0.461 e. The van der Waals surface area contributed by atoms with Gasteiger partial charge in [0.1, 0.15) is 0 Å². The predicted molar refractivity (Wildman–Crippen MR) is 115 cm³/mol. The average Bonchev–Trinajstić information content (AvgIpc) is 3.38. The molecule has 1 N–H and O–H groups in total. The molecule has 0 saturated heterocycles. The summed E-state index contributed by atoms with van der Waals surface area (Å²) in [5.74, 6) is 1.16. The van der Waals surface area contributed by atoms with Crippen LogP contribution in [-0.2, 0) is 4.79 Å². The van der Waals surface area contributed by atoms with E-state index in [0.29, 0.717) is 27.5 Å². The minimum absolute atomic E-state index is 0.160. The van der Waals surface area contributed by atoms with E-state index in [1.54, 1.807) is 18.4 Å². The molecule has 0 aliphatic rings. The molecule has 8 heteroatoms. The zero-order chi connectivity index (χ0) is 20.2. The Morgan fingerprint density at radius 2 is 1.97 bits per heavy atom. The number of benzene rings is 2. The number of nitrogens with zero attached hydrogens (tertiary/aromatic N) is 3. The summed E-state index contributed by atoms with van der Waals surface area (Å²) < 4.78 is 7.37. The molecule has 0 radical (unpaired) electrons. The SMILES string of the molecule is Cc1ccc(NC(=O)CSc2nnc(-c3ccco3)n2-c2ccccc2)c(Cl)c1. The normalized spacial score (nSPS) is 10.8. The monoisotopic (exact) mass is 424 g/mol. The number of aryl methyl sites for hydroxylation is 1. The number of nitrogens with one attached hydrogen (secondary N) is 1. The van der Waals surface area contributed by atoms with Crippen molar-refractivity contribution in [3.8, 4) is 17.3 Å². The van der Waals surface area contributed by atoms with E-state index < -0.39 is 0 Å². The Kier molecular flexibility index (Phi) is 5.69. The van der Waals surface area contributed by atoms with Gasteiger partial charge in [0.2, 0.25) is 11.7 Å². The summed E-state index contributed by atoms with van der Waals surface area (Å²) in [5.41, 5.74) is 2.50. The lowest BCUT2D eigenvalue weighted by Gasteiger charge is -2.10. The third kappa shape index (κ3) is 4.36. The molecule has 2 aromatic carbocycles. The fourth-order valence-corrected chi connectivity index (χ4v) is 3.81. The second-order valence-electron chi connectivity index (χ2n) is 6.27. The maximum atomic E-state index is 12.4. The van der Waals surface area contributed by atoms with Crippen LogP contribution < -0.4 is 5.32 Å². The number of amides is 1. The Labute approximate surface area is 176 Å². The van der Waals surface area contributed by atoms with Gasteiger partial charge in [-0.2, -0.15) is 0 Å². The lowest BCUT2D eigenvalue weighted by Crippen LogP contribution is -2.15. The number of carbonyl (C=O) groups excluding carboxylic acids is 1. The zero-order valence-electron chi connectivity index (χ0n) is 15.5. The van der Waals surface area contributed by atoms with Crippen molar-refractivity contribution in [2.75, 3.05) is 11.1 Å². The van der Waals surface area contributed by atoms with Crippen LogP contribution in [0, 0.1) is 6.92 Å². The van der Waals surface area contributed by atoms with E-state index in [-0.39, 0.29) is 11.7 Å². The van der Waals surface area contributed by atoms with Crippen molar-refractivity contribution in [1.82, 2.24) is 14.8 Å². The van der Waals surface area contributed by atoms with E-state index in [4.69, 9.17) is 16.0 Å². The fourth-order valence-electron chi connectivity index (χ4n) is 2.78. The summed E-state index contributed by atoms with van der Waals surface area (Å²) in [4.78, 5) is 12.4. The number of aromatic nitrogens is 3. The highest BCUT2D eigenvalue weighted by atomic mass is 35.5. The Bertz CT molecular complexity index is 1130. The zero-order valence-corrected chi connectivity index (χ0v) is 17.1. The summed E-state index contributed by atoms with van der Waals surface area (Å²) in [5, 5.41) is 12.5. The van der Waals surface area contributed by atoms with Crippen LogP contribution in [-0.4, -0.2) is 26.4 Å². The van der Waals surface area contributed by atoms with Gasteiger partial charge in [-0.3, -0.25) is 9.36 Å². The van der Waals surface area contributed by atoms with Gasteiger partial charge in [-0.25, -0.2) is 0 Å². The number of thioether (sulfide) groups is 1. The molecular formula is C21H17ClN4O2S. The third-order valence-electron chi connectivity index (χ3n) is 4.12. The van der Waals surface area contributed by atoms with Gasteiger partial charge < -0.3 is 9.73 Å². The minimum Gasteiger partial charge on any atom is -0.461 e. The summed E-state index contributed by atoms with van der Waals surface area (Å²) in [6.45, 7) is 1.94. The minimum atomic E-state index is -0.178. The molecule has 0 saturated carbocycles. The Hall–Kier alpha value is -3.03. The number of furan rings is 1. The van der Waals surface area contributed by atoms with E-state index in [1.165, 1.54) is 11.8 Å². The molecule has 1 amide bonds.